The first kappa shape index (κ1) is 17.9. The Kier molecular flexibility index (Phi) is 6.09. The minimum atomic E-state index is -0.262. The van der Waals surface area contributed by atoms with Gasteiger partial charge in [-0.15, -0.1) is 0 Å². The number of morpholine rings is 1. The average Bonchev–Trinajstić information content (AvgIpc) is 2.67. The topological polar surface area (TPSA) is 62.1 Å². The zero-order valence-electron chi connectivity index (χ0n) is 15.0. The zero-order chi connectivity index (χ0) is 17.6. The van der Waals surface area contributed by atoms with Crippen molar-refractivity contribution in [3.05, 3.63) is 28.3 Å². The third kappa shape index (κ3) is 4.61. The lowest BCUT2D eigenvalue weighted by atomic mass is 10.1. The molecule has 0 amide bonds. The Morgan fingerprint density at radius 3 is 2.56 bits per heavy atom. The molecule has 2 aliphatic rings. The van der Waals surface area contributed by atoms with E-state index in [1.54, 1.807) is 6.07 Å². The van der Waals surface area contributed by atoms with Gasteiger partial charge in [-0.25, -0.2) is 0 Å². The normalized spacial score (nSPS) is 19.0. The van der Waals surface area contributed by atoms with Gasteiger partial charge in [0.25, 0.3) is 5.69 Å². The Labute approximate surface area is 149 Å². The summed E-state index contributed by atoms with van der Waals surface area (Å²) in [6.07, 6.45) is 3.42. The van der Waals surface area contributed by atoms with E-state index in [0.29, 0.717) is 0 Å². The fourth-order valence-electron chi connectivity index (χ4n) is 3.54. The molecule has 3 rings (SSSR count). The number of piperidine rings is 1. The molecule has 2 heterocycles. The summed E-state index contributed by atoms with van der Waals surface area (Å²) < 4.78 is 5.39. The molecule has 0 atom stereocenters. The smallest absolute Gasteiger partial charge is 0.292 e. The number of rotatable bonds is 6. The first-order valence-electron chi connectivity index (χ1n) is 9.20. The Hall–Kier alpha value is -1.86. The van der Waals surface area contributed by atoms with Crippen LogP contribution in [0, 0.1) is 10.1 Å². The van der Waals surface area contributed by atoms with Gasteiger partial charge < -0.3 is 14.5 Å². The van der Waals surface area contributed by atoms with Crippen LogP contribution in [0.4, 0.5) is 17.1 Å². The van der Waals surface area contributed by atoms with Gasteiger partial charge in [0.15, 0.2) is 0 Å². The van der Waals surface area contributed by atoms with Gasteiger partial charge in [-0.05, 0) is 31.4 Å². The summed E-state index contributed by atoms with van der Waals surface area (Å²) in [5.41, 5.74) is 2.02. The van der Waals surface area contributed by atoms with E-state index in [1.807, 2.05) is 12.1 Å². The molecule has 138 valence electrons. The van der Waals surface area contributed by atoms with Gasteiger partial charge >= 0.3 is 0 Å². The first-order chi connectivity index (χ1) is 12.1. The van der Waals surface area contributed by atoms with Crippen molar-refractivity contribution in [2.24, 2.45) is 0 Å². The number of nitro benzene ring substituents is 1. The van der Waals surface area contributed by atoms with Crippen LogP contribution in [0.25, 0.3) is 0 Å². The van der Waals surface area contributed by atoms with Crippen LogP contribution in [0.15, 0.2) is 18.2 Å². The lowest BCUT2D eigenvalue weighted by Crippen LogP contribution is -2.40. The molecule has 1 aromatic rings. The molecule has 0 aromatic heterocycles. The van der Waals surface area contributed by atoms with Crippen LogP contribution in [0.3, 0.4) is 0 Å². The summed E-state index contributed by atoms with van der Waals surface area (Å²) in [4.78, 5) is 17.9. The van der Waals surface area contributed by atoms with Crippen molar-refractivity contribution in [1.29, 1.82) is 0 Å². The van der Waals surface area contributed by atoms with E-state index >= 15 is 0 Å². The standard InChI is InChI=1S/C18H28N4O3/c1-19(9-10-20-11-13-25-14-12-20)16-5-6-17(22(23)24)18(15-16)21-7-3-2-4-8-21/h5-6,15H,2-4,7-14H2,1H3. The lowest BCUT2D eigenvalue weighted by Gasteiger charge is -2.31. The predicted octanol–water partition coefficient (Wildman–Crippen LogP) is 2.35. The minimum Gasteiger partial charge on any atom is -0.379 e. The molecule has 2 saturated heterocycles. The quantitative estimate of drug-likeness (QED) is 0.581. The third-order valence-corrected chi connectivity index (χ3v) is 5.15. The highest BCUT2D eigenvalue weighted by molar-refractivity contribution is 5.70. The second kappa shape index (κ2) is 8.49. The summed E-state index contributed by atoms with van der Waals surface area (Å²) in [6.45, 7) is 7.26. The van der Waals surface area contributed by atoms with Crippen molar-refractivity contribution < 1.29 is 9.66 Å². The van der Waals surface area contributed by atoms with Crippen LogP contribution >= 0.6 is 0 Å². The molecule has 2 aliphatic heterocycles. The summed E-state index contributed by atoms with van der Waals surface area (Å²) >= 11 is 0. The fraction of sp³-hybridized carbons (Fsp3) is 0.667. The predicted molar refractivity (Wildman–Crippen MR) is 99.7 cm³/mol. The number of hydrogen-bond acceptors (Lipinski definition) is 6. The summed E-state index contributed by atoms with van der Waals surface area (Å²) in [5, 5.41) is 11.4. The second-order valence-electron chi connectivity index (χ2n) is 6.85. The van der Waals surface area contributed by atoms with Crippen molar-refractivity contribution in [2.75, 3.05) is 69.3 Å². The third-order valence-electron chi connectivity index (χ3n) is 5.15. The van der Waals surface area contributed by atoms with Crippen LogP contribution in [-0.2, 0) is 4.74 Å². The van der Waals surface area contributed by atoms with E-state index in [4.69, 9.17) is 4.74 Å². The van der Waals surface area contributed by atoms with Gasteiger partial charge in [0.1, 0.15) is 5.69 Å². The molecular formula is C18H28N4O3. The van der Waals surface area contributed by atoms with Crippen LogP contribution in [0.1, 0.15) is 19.3 Å². The van der Waals surface area contributed by atoms with Gasteiger partial charge in [-0.2, -0.15) is 0 Å². The maximum absolute atomic E-state index is 11.4. The maximum atomic E-state index is 11.4. The Bertz CT molecular complexity index is 584. The van der Waals surface area contributed by atoms with E-state index in [9.17, 15) is 10.1 Å². The number of likely N-dealkylation sites (N-methyl/N-ethyl adjacent to an activating group) is 1. The monoisotopic (exact) mass is 348 g/mol. The molecule has 0 aliphatic carbocycles. The fourth-order valence-corrected chi connectivity index (χ4v) is 3.54. The average molecular weight is 348 g/mol. The largest absolute Gasteiger partial charge is 0.379 e. The van der Waals surface area contributed by atoms with Crippen LogP contribution in [0.2, 0.25) is 0 Å². The molecule has 0 spiro atoms. The van der Waals surface area contributed by atoms with Crippen LogP contribution in [-0.4, -0.2) is 69.4 Å². The molecule has 0 saturated carbocycles. The Morgan fingerprint density at radius 2 is 1.88 bits per heavy atom. The highest BCUT2D eigenvalue weighted by atomic mass is 16.6. The number of anilines is 2. The lowest BCUT2D eigenvalue weighted by molar-refractivity contribution is -0.384. The highest BCUT2D eigenvalue weighted by Crippen LogP contribution is 2.33. The van der Waals surface area contributed by atoms with Crippen LogP contribution < -0.4 is 9.80 Å². The van der Waals surface area contributed by atoms with Gasteiger partial charge in [0, 0.05) is 58.1 Å². The number of nitrogens with zero attached hydrogens (tertiary/aromatic N) is 4. The van der Waals surface area contributed by atoms with Crippen molar-refractivity contribution >= 4 is 17.1 Å². The van der Waals surface area contributed by atoms with Gasteiger partial charge in [0.2, 0.25) is 0 Å². The van der Waals surface area contributed by atoms with Crippen molar-refractivity contribution in [3.63, 3.8) is 0 Å². The minimum absolute atomic E-state index is 0.215. The summed E-state index contributed by atoms with van der Waals surface area (Å²) in [5.74, 6) is 0. The van der Waals surface area contributed by atoms with E-state index in [-0.39, 0.29) is 10.6 Å². The Balaban J connectivity index is 1.70. The number of nitro groups is 1. The Morgan fingerprint density at radius 1 is 1.16 bits per heavy atom. The van der Waals surface area contributed by atoms with Gasteiger partial charge in [-0.1, -0.05) is 0 Å². The second-order valence-corrected chi connectivity index (χ2v) is 6.85. The molecule has 0 unspecified atom stereocenters. The summed E-state index contributed by atoms with van der Waals surface area (Å²) in [7, 11) is 2.06. The van der Waals surface area contributed by atoms with Gasteiger partial charge in [-0.3, -0.25) is 15.0 Å². The molecule has 1 aromatic carbocycles. The molecule has 25 heavy (non-hydrogen) atoms. The van der Waals surface area contributed by atoms with E-state index < -0.39 is 0 Å². The maximum Gasteiger partial charge on any atom is 0.292 e. The van der Waals surface area contributed by atoms with Crippen molar-refractivity contribution in [1.82, 2.24) is 4.90 Å². The highest BCUT2D eigenvalue weighted by Gasteiger charge is 2.22. The van der Waals surface area contributed by atoms with Gasteiger partial charge in [0.05, 0.1) is 18.1 Å². The SMILES string of the molecule is CN(CCN1CCOCC1)c1ccc([N+](=O)[O-])c(N2CCCCC2)c1. The van der Waals surface area contributed by atoms with Crippen molar-refractivity contribution in [3.8, 4) is 0 Å². The summed E-state index contributed by atoms with van der Waals surface area (Å²) in [6, 6.07) is 5.51. The zero-order valence-corrected chi connectivity index (χ0v) is 15.0. The van der Waals surface area contributed by atoms with Crippen molar-refractivity contribution in [2.45, 2.75) is 19.3 Å². The van der Waals surface area contributed by atoms with E-state index in [0.717, 1.165) is 76.7 Å². The molecule has 0 radical (unpaired) electrons. The molecule has 0 N–H and O–H groups in total. The van der Waals surface area contributed by atoms with Crippen LogP contribution in [0.5, 0.6) is 0 Å². The van der Waals surface area contributed by atoms with E-state index in [1.165, 1.54) is 6.42 Å². The number of benzene rings is 1. The molecule has 7 nitrogen and oxygen atoms in total. The first-order valence-corrected chi connectivity index (χ1v) is 9.20. The molecular weight excluding hydrogens is 320 g/mol. The molecule has 0 bridgehead atoms. The number of hydrogen-bond donors (Lipinski definition) is 0. The number of ether oxygens (including phenoxy) is 1. The molecule has 2 fully saturated rings. The van der Waals surface area contributed by atoms with E-state index in [2.05, 4.69) is 21.7 Å². The molecule has 7 heteroatoms.